The zero-order chi connectivity index (χ0) is 24.5. The van der Waals surface area contributed by atoms with Crippen molar-refractivity contribution in [3.8, 4) is 11.5 Å². The number of nitrogens with one attached hydrogen (secondary N) is 1. The Kier molecular flexibility index (Phi) is 9.10. The zero-order valence-corrected chi connectivity index (χ0v) is 20.4. The van der Waals surface area contributed by atoms with E-state index in [1.54, 1.807) is 0 Å². The maximum absolute atomic E-state index is 13.4. The summed E-state index contributed by atoms with van der Waals surface area (Å²) in [4.78, 5) is 28.0. The number of rotatable bonds is 13. The van der Waals surface area contributed by atoms with Crippen LogP contribution in [-0.2, 0) is 14.3 Å². The lowest BCUT2D eigenvalue weighted by atomic mass is 10.0. The monoisotopic (exact) mass is 466 g/mol. The van der Waals surface area contributed by atoms with Gasteiger partial charge in [-0.3, -0.25) is 14.5 Å². The summed E-state index contributed by atoms with van der Waals surface area (Å²) in [5, 5.41) is 3.18. The topological polar surface area (TPSA) is 77.1 Å². The molecule has 0 aromatic heterocycles. The largest absolute Gasteiger partial charge is 0.494 e. The number of carbonyl (C=O) groups excluding carboxylic acids is 2. The molecule has 0 saturated carbocycles. The first-order valence-electron chi connectivity index (χ1n) is 11.9. The highest BCUT2D eigenvalue weighted by molar-refractivity contribution is 6.36. The maximum atomic E-state index is 13.4. The van der Waals surface area contributed by atoms with E-state index in [4.69, 9.17) is 14.2 Å². The number of imide groups is 1. The molecule has 0 unspecified atom stereocenters. The zero-order valence-electron chi connectivity index (χ0n) is 20.4. The Hall–Kier alpha value is -3.32. The molecule has 7 nitrogen and oxygen atoms in total. The summed E-state index contributed by atoms with van der Waals surface area (Å²) in [7, 11) is 0. The van der Waals surface area contributed by atoms with Crippen LogP contribution < -0.4 is 14.8 Å². The predicted octanol–water partition coefficient (Wildman–Crippen LogP) is 4.74. The molecule has 2 aromatic carbocycles. The molecule has 1 heterocycles. The quantitative estimate of drug-likeness (QED) is 0.339. The van der Waals surface area contributed by atoms with Gasteiger partial charge in [-0.05, 0) is 56.0 Å². The first-order valence-corrected chi connectivity index (χ1v) is 11.9. The van der Waals surface area contributed by atoms with Crippen LogP contribution in [0.25, 0.3) is 5.57 Å². The number of nitrogens with zero attached hydrogens (tertiary/aromatic N) is 1. The third-order valence-corrected chi connectivity index (χ3v) is 5.18. The number of ether oxygens (including phenoxy) is 3. The lowest BCUT2D eigenvalue weighted by Crippen LogP contribution is -2.34. The van der Waals surface area contributed by atoms with E-state index < -0.39 is 0 Å². The fourth-order valence-electron chi connectivity index (χ4n) is 3.59. The summed E-state index contributed by atoms with van der Waals surface area (Å²) in [6.07, 6.45) is 0.577. The van der Waals surface area contributed by atoms with Crippen molar-refractivity contribution in [3.05, 3.63) is 59.8 Å². The lowest BCUT2D eigenvalue weighted by molar-refractivity contribution is -0.137. The average molecular weight is 467 g/mol. The fourth-order valence-corrected chi connectivity index (χ4v) is 3.59. The smallest absolute Gasteiger partial charge is 0.278 e. The van der Waals surface area contributed by atoms with Gasteiger partial charge < -0.3 is 19.5 Å². The second-order valence-corrected chi connectivity index (χ2v) is 8.38. The number of anilines is 1. The number of carbonyl (C=O) groups is 2. The van der Waals surface area contributed by atoms with Crippen molar-refractivity contribution >= 4 is 23.1 Å². The molecular weight excluding hydrogens is 432 g/mol. The minimum atomic E-state index is -0.349. The molecule has 1 N–H and O–H groups in total. The number of amides is 2. The summed E-state index contributed by atoms with van der Waals surface area (Å²) in [6.45, 7) is 10.5. The van der Waals surface area contributed by atoms with Crippen LogP contribution in [0.4, 0.5) is 5.69 Å². The van der Waals surface area contributed by atoms with Gasteiger partial charge in [0, 0.05) is 31.5 Å². The average Bonchev–Trinajstić information content (AvgIpc) is 3.05. The van der Waals surface area contributed by atoms with Crippen LogP contribution in [0.2, 0.25) is 0 Å². The van der Waals surface area contributed by atoms with Gasteiger partial charge in [0.15, 0.2) is 0 Å². The SMILES string of the molecule is CCOCCCN1C(=O)C(Nc2cccc(OCC)c2)=C(c2ccc(OCC(C)C)cc2)C1=O. The van der Waals surface area contributed by atoms with Crippen molar-refractivity contribution in [2.45, 2.75) is 34.1 Å². The number of hydrogen-bond donors (Lipinski definition) is 1. The van der Waals surface area contributed by atoms with E-state index in [9.17, 15) is 9.59 Å². The van der Waals surface area contributed by atoms with Crippen molar-refractivity contribution in [2.75, 3.05) is 38.3 Å². The molecule has 0 atom stereocenters. The van der Waals surface area contributed by atoms with Gasteiger partial charge in [-0.15, -0.1) is 0 Å². The number of hydrogen-bond acceptors (Lipinski definition) is 6. The van der Waals surface area contributed by atoms with Gasteiger partial charge in [0.1, 0.15) is 17.2 Å². The maximum Gasteiger partial charge on any atom is 0.278 e. The van der Waals surface area contributed by atoms with Crippen LogP contribution in [0.15, 0.2) is 54.2 Å². The van der Waals surface area contributed by atoms with Gasteiger partial charge in [-0.1, -0.05) is 32.0 Å². The van der Waals surface area contributed by atoms with Crippen LogP contribution in [0.5, 0.6) is 11.5 Å². The van der Waals surface area contributed by atoms with Gasteiger partial charge in [-0.2, -0.15) is 0 Å². The van der Waals surface area contributed by atoms with Gasteiger partial charge in [0.25, 0.3) is 11.8 Å². The van der Waals surface area contributed by atoms with E-state index in [2.05, 4.69) is 19.2 Å². The Morgan fingerprint density at radius 3 is 2.35 bits per heavy atom. The highest BCUT2D eigenvalue weighted by Crippen LogP contribution is 2.32. The minimum absolute atomic E-state index is 0.255. The van der Waals surface area contributed by atoms with Crippen LogP contribution in [0.1, 0.15) is 39.7 Å². The molecule has 0 bridgehead atoms. The predicted molar refractivity (Wildman–Crippen MR) is 133 cm³/mol. The molecule has 0 saturated heterocycles. The number of benzene rings is 2. The molecule has 34 heavy (non-hydrogen) atoms. The first kappa shape index (κ1) is 25.3. The summed E-state index contributed by atoms with van der Waals surface area (Å²) >= 11 is 0. The summed E-state index contributed by atoms with van der Waals surface area (Å²) in [6, 6.07) is 14.6. The highest BCUT2D eigenvalue weighted by Gasteiger charge is 2.38. The second kappa shape index (κ2) is 12.2. The summed E-state index contributed by atoms with van der Waals surface area (Å²) in [5.41, 5.74) is 1.93. The van der Waals surface area contributed by atoms with Crippen LogP contribution in [0, 0.1) is 5.92 Å². The van der Waals surface area contributed by atoms with E-state index in [0.29, 0.717) is 67.9 Å². The van der Waals surface area contributed by atoms with E-state index in [1.807, 2.05) is 62.4 Å². The van der Waals surface area contributed by atoms with Crippen LogP contribution in [0.3, 0.4) is 0 Å². The molecule has 1 aliphatic heterocycles. The molecule has 1 aliphatic rings. The first-order chi connectivity index (χ1) is 16.4. The summed E-state index contributed by atoms with van der Waals surface area (Å²) < 4.78 is 16.7. The Morgan fingerprint density at radius 2 is 1.68 bits per heavy atom. The standard InChI is InChI=1S/C27H34N2O5/c1-5-32-16-8-15-29-26(30)24(20-11-13-22(14-12-20)34-18-19(3)4)25(27(29)31)28-21-9-7-10-23(17-21)33-6-2/h7,9-14,17,19,28H,5-6,8,15-16,18H2,1-4H3. The molecule has 0 radical (unpaired) electrons. The van der Waals surface area contributed by atoms with E-state index in [1.165, 1.54) is 4.90 Å². The second-order valence-electron chi connectivity index (χ2n) is 8.38. The molecule has 7 heteroatoms. The molecule has 0 aliphatic carbocycles. The molecule has 2 amide bonds. The molecular formula is C27H34N2O5. The van der Waals surface area contributed by atoms with Crippen molar-refractivity contribution in [1.82, 2.24) is 4.90 Å². The van der Waals surface area contributed by atoms with Crippen LogP contribution in [-0.4, -0.2) is 49.7 Å². The molecule has 3 rings (SSSR count). The molecule has 0 fully saturated rings. The molecule has 2 aromatic rings. The molecule has 182 valence electrons. The third kappa shape index (κ3) is 6.38. The Labute approximate surface area is 201 Å². The lowest BCUT2D eigenvalue weighted by Gasteiger charge is -2.15. The highest BCUT2D eigenvalue weighted by atomic mass is 16.5. The molecule has 0 spiro atoms. The minimum Gasteiger partial charge on any atom is -0.494 e. The van der Waals surface area contributed by atoms with Gasteiger partial charge >= 0.3 is 0 Å². The van der Waals surface area contributed by atoms with Gasteiger partial charge in [0.05, 0.1) is 18.8 Å². The van der Waals surface area contributed by atoms with E-state index >= 15 is 0 Å². The van der Waals surface area contributed by atoms with E-state index in [0.717, 1.165) is 5.75 Å². The summed E-state index contributed by atoms with van der Waals surface area (Å²) in [5.74, 6) is 1.15. The third-order valence-electron chi connectivity index (χ3n) is 5.18. The van der Waals surface area contributed by atoms with Crippen molar-refractivity contribution in [2.24, 2.45) is 5.92 Å². The van der Waals surface area contributed by atoms with Crippen LogP contribution >= 0.6 is 0 Å². The fraction of sp³-hybridized carbons (Fsp3) is 0.407. The van der Waals surface area contributed by atoms with Gasteiger partial charge in [-0.25, -0.2) is 0 Å². The van der Waals surface area contributed by atoms with Crippen molar-refractivity contribution in [3.63, 3.8) is 0 Å². The van der Waals surface area contributed by atoms with E-state index in [-0.39, 0.29) is 17.5 Å². The Bertz CT molecular complexity index is 1010. The Morgan fingerprint density at radius 1 is 0.912 bits per heavy atom. The Balaban J connectivity index is 1.90. The normalized spacial score (nSPS) is 13.7. The van der Waals surface area contributed by atoms with Crippen molar-refractivity contribution in [1.29, 1.82) is 0 Å². The van der Waals surface area contributed by atoms with Gasteiger partial charge in [0.2, 0.25) is 0 Å². The van der Waals surface area contributed by atoms with Crippen molar-refractivity contribution < 1.29 is 23.8 Å².